The highest BCUT2D eigenvalue weighted by atomic mass is 16.5. The van der Waals surface area contributed by atoms with E-state index in [4.69, 9.17) is 4.74 Å². The van der Waals surface area contributed by atoms with Crippen LogP contribution in [0.3, 0.4) is 0 Å². The van der Waals surface area contributed by atoms with Crippen LogP contribution in [0.5, 0.6) is 0 Å². The fourth-order valence-corrected chi connectivity index (χ4v) is 8.70. The van der Waals surface area contributed by atoms with Crippen LogP contribution in [0.1, 0.15) is 309 Å². The molecule has 3 N–H and O–H groups in total. The van der Waals surface area contributed by atoms with E-state index in [2.05, 4.69) is 19.2 Å². The third kappa shape index (κ3) is 46.4. The molecule has 0 heterocycles. The first kappa shape index (κ1) is 58.9. The maximum Gasteiger partial charge on any atom is 0.305 e. The molecule has 0 aromatic rings. The van der Waals surface area contributed by atoms with Crippen molar-refractivity contribution in [2.24, 2.45) is 0 Å². The van der Waals surface area contributed by atoms with Gasteiger partial charge in [-0.25, -0.2) is 0 Å². The van der Waals surface area contributed by atoms with E-state index in [9.17, 15) is 19.8 Å². The highest BCUT2D eigenvalue weighted by Gasteiger charge is 2.20. The monoisotopic (exact) mass is 850 g/mol. The first-order chi connectivity index (χ1) is 29.5. The summed E-state index contributed by atoms with van der Waals surface area (Å²) in [4.78, 5) is 24.4. The summed E-state index contributed by atoms with van der Waals surface area (Å²) < 4.78 is 5.46. The average Bonchev–Trinajstić information content (AvgIpc) is 3.25. The van der Waals surface area contributed by atoms with Crippen molar-refractivity contribution < 1.29 is 24.5 Å². The van der Waals surface area contributed by atoms with E-state index in [1.54, 1.807) is 0 Å². The molecule has 0 aliphatic carbocycles. The third-order valence-corrected chi connectivity index (χ3v) is 12.9. The van der Waals surface area contributed by atoms with Crippen molar-refractivity contribution in [3.63, 3.8) is 0 Å². The predicted molar refractivity (Wildman–Crippen MR) is 260 cm³/mol. The average molecular weight is 850 g/mol. The van der Waals surface area contributed by atoms with Crippen molar-refractivity contribution in [1.82, 2.24) is 5.32 Å². The Morgan fingerprint density at radius 1 is 0.400 bits per heavy atom. The second kappa shape index (κ2) is 50.5. The zero-order chi connectivity index (χ0) is 43.7. The minimum Gasteiger partial charge on any atom is -0.466 e. The minimum absolute atomic E-state index is 0.00575. The van der Waals surface area contributed by atoms with E-state index in [0.717, 1.165) is 38.5 Å². The molecule has 0 aliphatic heterocycles. The van der Waals surface area contributed by atoms with Gasteiger partial charge in [-0.15, -0.1) is 0 Å². The Kier molecular flexibility index (Phi) is 49.5. The molecule has 0 fully saturated rings. The number of carbonyl (C=O) groups excluding carboxylic acids is 2. The summed E-state index contributed by atoms with van der Waals surface area (Å²) in [6.07, 6.45) is 56.5. The number of aliphatic hydroxyl groups excluding tert-OH is 2. The largest absolute Gasteiger partial charge is 0.466 e. The van der Waals surface area contributed by atoms with Gasteiger partial charge >= 0.3 is 5.97 Å². The summed E-state index contributed by atoms with van der Waals surface area (Å²) in [7, 11) is 0. The number of ether oxygens (including phenoxy) is 1. The van der Waals surface area contributed by atoms with Crippen LogP contribution in [0.15, 0.2) is 0 Å². The van der Waals surface area contributed by atoms with Gasteiger partial charge in [0.15, 0.2) is 0 Å². The lowest BCUT2D eigenvalue weighted by atomic mass is 10.0. The number of hydrogen-bond donors (Lipinski definition) is 3. The number of nitrogens with one attached hydrogen (secondary N) is 1. The van der Waals surface area contributed by atoms with Crippen LogP contribution in [0.25, 0.3) is 0 Å². The second-order valence-electron chi connectivity index (χ2n) is 18.9. The lowest BCUT2D eigenvalue weighted by molar-refractivity contribution is -0.143. The number of carbonyl (C=O) groups is 2. The van der Waals surface area contributed by atoms with Crippen molar-refractivity contribution in [2.45, 2.75) is 321 Å². The van der Waals surface area contributed by atoms with Crippen molar-refractivity contribution in [1.29, 1.82) is 0 Å². The molecule has 0 radical (unpaired) electrons. The Balaban J connectivity index is 3.41. The molecule has 1 amide bonds. The highest BCUT2D eigenvalue weighted by molar-refractivity contribution is 5.76. The van der Waals surface area contributed by atoms with Crippen LogP contribution in [-0.4, -0.2) is 47.4 Å². The maximum absolute atomic E-state index is 12.5. The molecule has 2 atom stereocenters. The Bertz CT molecular complexity index is 852. The van der Waals surface area contributed by atoms with Gasteiger partial charge in [0.05, 0.1) is 25.4 Å². The van der Waals surface area contributed by atoms with Crippen LogP contribution in [-0.2, 0) is 14.3 Å². The second-order valence-corrected chi connectivity index (χ2v) is 18.9. The Morgan fingerprint density at radius 3 is 1.02 bits per heavy atom. The molecular formula is C54H107NO5. The molecule has 2 unspecified atom stereocenters. The lowest BCUT2D eigenvalue weighted by Gasteiger charge is -2.22. The van der Waals surface area contributed by atoms with Crippen LogP contribution < -0.4 is 5.32 Å². The molecule has 6 nitrogen and oxygen atoms in total. The molecule has 0 saturated heterocycles. The number of unbranched alkanes of at least 4 members (excludes halogenated alkanes) is 40. The first-order valence-corrected chi connectivity index (χ1v) is 27.3. The van der Waals surface area contributed by atoms with E-state index < -0.39 is 12.1 Å². The van der Waals surface area contributed by atoms with Crippen molar-refractivity contribution in [2.75, 3.05) is 13.2 Å². The minimum atomic E-state index is -0.666. The van der Waals surface area contributed by atoms with Gasteiger partial charge in [-0.3, -0.25) is 9.59 Å². The van der Waals surface area contributed by atoms with Gasteiger partial charge in [0, 0.05) is 12.8 Å². The number of hydrogen-bond acceptors (Lipinski definition) is 5. The molecule has 60 heavy (non-hydrogen) atoms. The molecule has 0 rings (SSSR count). The van der Waals surface area contributed by atoms with E-state index in [1.165, 1.54) is 238 Å². The fraction of sp³-hybridized carbons (Fsp3) is 0.963. The van der Waals surface area contributed by atoms with Crippen molar-refractivity contribution in [3.05, 3.63) is 0 Å². The number of rotatable bonds is 51. The topological polar surface area (TPSA) is 95.9 Å². The van der Waals surface area contributed by atoms with Gasteiger partial charge in [0.25, 0.3) is 0 Å². The maximum atomic E-state index is 12.5. The summed E-state index contributed by atoms with van der Waals surface area (Å²) in [6.45, 7) is 4.95. The molecule has 6 heteroatoms. The summed E-state index contributed by atoms with van der Waals surface area (Å²) in [6, 6.07) is -0.543. The number of amides is 1. The first-order valence-electron chi connectivity index (χ1n) is 27.3. The smallest absolute Gasteiger partial charge is 0.305 e. The SMILES string of the molecule is CCCCCCCCCCCCCCCCCC(O)C(CO)NC(=O)CCCCCCCCCCCCCCCCCCCOC(=O)CCCCCCCCCCCCC. The fourth-order valence-electron chi connectivity index (χ4n) is 8.70. The summed E-state index contributed by atoms with van der Waals surface area (Å²) in [5.74, 6) is -0.0322. The molecule has 0 bridgehead atoms. The van der Waals surface area contributed by atoms with E-state index in [1.807, 2.05) is 0 Å². The zero-order valence-electron chi connectivity index (χ0n) is 40.7. The molecule has 0 aromatic carbocycles. The van der Waals surface area contributed by atoms with Crippen LogP contribution in [0, 0.1) is 0 Å². The van der Waals surface area contributed by atoms with E-state index >= 15 is 0 Å². The van der Waals surface area contributed by atoms with Gasteiger partial charge in [-0.2, -0.15) is 0 Å². The molecule has 358 valence electrons. The van der Waals surface area contributed by atoms with Crippen molar-refractivity contribution in [3.8, 4) is 0 Å². The van der Waals surface area contributed by atoms with Gasteiger partial charge < -0.3 is 20.3 Å². The summed E-state index contributed by atoms with van der Waals surface area (Å²) in [5, 5.41) is 23.2. The Morgan fingerprint density at radius 2 is 0.683 bits per heavy atom. The standard InChI is InChI=1S/C54H107NO5/c1-3-5-7-9-11-13-15-16-20-23-27-30-34-38-42-46-52(57)51(50-56)55-53(58)47-43-39-35-31-28-24-21-18-17-19-22-25-29-33-37-41-45-49-60-54(59)48-44-40-36-32-26-14-12-10-8-6-4-2/h51-52,56-57H,3-50H2,1-2H3,(H,55,58). The van der Waals surface area contributed by atoms with Crippen LogP contribution in [0.4, 0.5) is 0 Å². The predicted octanol–water partition coefficient (Wildman–Crippen LogP) is 16.4. The lowest BCUT2D eigenvalue weighted by Crippen LogP contribution is -2.45. The quantitative estimate of drug-likeness (QED) is 0.0418. The molecule has 0 aromatic heterocycles. The molecule has 0 spiro atoms. The van der Waals surface area contributed by atoms with Crippen LogP contribution >= 0.6 is 0 Å². The van der Waals surface area contributed by atoms with Gasteiger partial charge in [0.2, 0.25) is 5.91 Å². The zero-order valence-corrected chi connectivity index (χ0v) is 40.7. The van der Waals surface area contributed by atoms with Crippen molar-refractivity contribution >= 4 is 11.9 Å². The number of aliphatic hydroxyl groups is 2. The Hall–Kier alpha value is -1.14. The molecule has 0 saturated carbocycles. The van der Waals surface area contributed by atoms with Crippen LogP contribution in [0.2, 0.25) is 0 Å². The summed E-state index contributed by atoms with van der Waals surface area (Å²) in [5.41, 5.74) is 0. The normalized spacial score (nSPS) is 12.5. The third-order valence-electron chi connectivity index (χ3n) is 12.9. The van der Waals surface area contributed by atoms with Gasteiger partial charge in [-0.05, 0) is 25.7 Å². The number of esters is 1. The van der Waals surface area contributed by atoms with E-state index in [0.29, 0.717) is 25.9 Å². The Labute approximate surface area is 375 Å². The van der Waals surface area contributed by atoms with Gasteiger partial charge in [0.1, 0.15) is 0 Å². The van der Waals surface area contributed by atoms with E-state index in [-0.39, 0.29) is 18.5 Å². The highest BCUT2D eigenvalue weighted by Crippen LogP contribution is 2.17. The molecule has 0 aliphatic rings. The van der Waals surface area contributed by atoms with Gasteiger partial charge in [-0.1, -0.05) is 271 Å². The molecular weight excluding hydrogens is 743 g/mol. The summed E-state index contributed by atoms with van der Waals surface area (Å²) >= 11 is 0.